The van der Waals surface area contributed by atoms with Crippen LogP contribution in [0.5, 0.6) is 0 Å². The fourth-order valence-corrected chi connectivity index (χ4v) is 1.88. The zero-order valence-electron chi connectivity index (χ0n) is 10.5. The van der Waals surface area contributed by atoms with Crippen molar-refractivity contribution in [3.8, 4) is 11.4 Å². The number of H-pyrrole nitrogens is 1. The molecule has 1 aromatic heterocycles. The third kappa shape index (κ3) is 2.65. The zero-order chi connectivity index (χ0) is 13.1. The Labute approximate surface area is 105 Å². The second-order valence-corrected chi connectivity index (χ2v) is 4.40. The number of benzene rings is 1. The van der Waals surface area contributed by atoms with E-state index >= 15 is 0 Å². The molecular formula is C14H16N2O2. The average molecular weight is 244 g/mol. The molecule has 1 unspecified atom stereocenters. The smallest absolute Gasteiger partial charge is 0.254 e. The normalized spacial score (nSPS) is 12.4. The van der Waals surface area contributed by atoms with Crippen LogP contribution in [-0.2, 0) is 6.42 Å². The molecule has 0 radical (unpaired) electrons. The molecule has 0 fully saturated rings. The van der Waals surface area contributed by atoms with Gasteiger partial charge in [-0.2, -0.15) is 0 Å². The summed E-state index contributed by atoms with van der Waals surface area (Å²) in [6, 6.07) is 9.50. The molecule has 2 N–H and O–H groups in total. The van der Waals surface area contributed by atoms with Crippen LogP contribution in [0, 0.1) is 6.92 Å². The van der Waals surface area contributed by atoms with Gasteiger partial charge in [0.15, 0.2) is 0 Å². The lowest BCUT2D eigenvalue weighted by molar-refractivity contribution is 0.194. The van der Waals surface area contributed by atoms with Gasteiger partial charge in [0.25, 0.3) is 5.56 Å². The lowest BCUT2D eigenvalue weighted by Crippen LogP contribution is -2.21. The lowest BCUT2D eigenvalue weighted by atomic mass is 10.1. The minimum absolute atomic E-state index is 0.178. The number of aromatic nitrogens is 2. The summed E-state index contributed by atoms with van der Waals surface area (Å²) in [4.78, 5) is 19.1. The summed E-state index contributed by atoms with van der Waals surface area (Å²) in [6.45, 7) is 3.45. The molecule has 0 bridgehead atoms. The van der Waals surface area contributed by atoms with Gasteiger partial charge in [0.05, 0.1) is 6.10 Å². The highest BCUT2D eigenvalue weighted by molar-refractivity contribution is 5.54. The van der Waals surface area contributed by atoms with E-state index in [4.69, 9.17) is 0 Å². The van der Waals surface area contributed by atoms with E-state index in [1.165, 1.54) is 0 Å². The van der Waals surface area contributed by atoms with E-state index in [1.807, 2.05) is 30.3 Å². The third-order valence-electron chi connectivity index (χ3n) is 2.77. The molecule has 0 saturated heterocycles. The van der Waals surface area contributed by atoms with Gasteiger partial charge in [0.2, 0.25) is 0 Å². The Morgan fingerprint density at radius 3 is 2.56 bits per heavy atom. The summed E-state index contributed by atoms with van der Waals surface area (Å²) >= 11 is 0. The molecule has 1 atom stereocenters. The number of aryl methyl sites for hydroxylation is 1. The van der Waals surface area contributed by atoms with Gasteiger partial charge in [0, 0.05) is 23.2 Å². The monoisotopic (exact) mass is 244 g/mol. The largest absolute Gasteiger partial charge is 0.393 e. The predicted octanol–water partition coefficient (Wildman–Crippen LogP) is 1.67. The van der Waals surface area contributed by atoms with E-state index < -0.39 is 6.10 Å². The van der Waals surface area contributed by atoms with E-state index in [-0.39, 0.29) is 5.56 Å². The highest BCUT2D eigenvalue weighted by atomic mass is 16.3. The van der Waals surface area contributed by atoms with E-state index in [2.05, 4.69) is 9.97 Å². The fraction of sp³-hybridized carbons (Fsp3) is 0.286. The minimum Gasteiger partial charge on any atom is -0.393 e. The van der Waals surface area contributed by atoms with Gasteiger partial charge >= 0.3 is 0 Å². The third-order valence-corrected chi connectivity index (χ3v) is 2.77. The quantitative estimate of drug-likeness (QED) is 0.863. The van der Waals surface area contributed by atoms with Crippen LogP contribution in [0.3, 0.4) is 0 Å². The van der Waals surface area contributed by atoms with E-state index in [9.17, 15) is 9.90 Å². The van der Waals surface area contributed by atoms with Crippen LogP contribution in [0.4, 0.5) is 0 Å². The molecular weight excluding hydrogens is 228 g/mol. The fourth-order valence-electron chi connectivity index (χ4n) is 1.88. The Morgan fingerprint density at radius 1 is 1.33 bits per heavy atom. The van der Waals surface area contributed by atoms with Crippen molar-refractivity contribution in [3.05, 3.63) is 51.9 Å². The summed E-state index contributed by atoms with van der Waals surface area (Å²) < 4.78 is 0. The topological polar surface area (TPSA) is 66.0 Å². The number of nitrogens with one attached hydrogen (secondary N) is 1. The Morgan fingerprint density at radius 2 is 2.00 bits per heavy atom. The molecule has 4 heteroatoms. The number of nitrogens with zero attached hydrogens (tertiary/aromatic N) is 1. The maximum absolute atomic E-state index is 12.0. The molecule has 18 heavy (non-hydrogen) atoms. The molecule has 1 heterocycles. The van der Waals surface area contributed by atoms with Gasteiger partial charge in [-0.3, -0.25) is 4.79 Å². The molecule has 0 aliphatic heterocycles. The molecule has 0 saturated carbocycles. The molecule has 0 spiro atoms. The summed E-state index contributed by atoms with van der Waals surface area (Å²) in [5.41, 5.74) is 1.91. The van der Waals surface area contributed by atoms with Crippen molar-refractivity contribution < 1.29 is 5.11 Å². The minimum atomic E-state index is -0.547. The molecule has 1 aromatic carbocycles. The van der Waals surface area contributed by atoms with Crippen molar-refractivity contribution in [1.82, 2.24) is 9.97 Å². The molecule has 0 aliphatic rings. The summed E-state index contributed by atoms with van der Waals surface area (Å²) in [5, 5.41) is 9.36. The predicted molar refractivity (Wildman–Crippen MR) is 70.4 cm³/mol. The molecule has 2 rings (SSSR count). The van der Waals surface area contributed by atoms with Gasteiger partial charge in [-0.15, -0.1) is 0 Å². The van der Waals surface area contributed by atoms with Crippen LogP contribution in [0.15, 0.2) is 35.1 Å². The number of aromatic amines is 1. The standard InChI is InChI=1S/C14H16N2O2/c1-9(17)8-12-10(2)15-13(16-14(12)18)11-6-4-3-5-7-11/h3-7,9,17H,8H2,1-2H3,(H,15,16,18). The molecule has 0 amide bonds. The van der Waals surface area contributed by atoms with E-state index in [1.54, 1.807) is 13.8 Å². The molecule has 4 nitrogen and oxygen atoms in total. The highest BCUT2D eigenvalue weighted by Gasteiger charge is 2.11. The van der Waals surface area contributed by atoms with E-state index in [0.29, 0.717) is 23.5 Å². The van der Waals surface area contributed by atoms with Crippen LogP contribution in [0.25, 0.3) is 11.4 Å². The summed E-state index contributed by atoms with van der Waals surface area (Å²) in [6.07, 6.45) is -0.224. The van der Waals surface area contributed by atoms with E-state index in [0.717, 1.165) is 5.56 Å². The van der Waals surface area contributed by atoms with Crippen LogP contribution in [-0.4, -0.2) is 21.2 Å². The van der Waals surface area contributed by atoms with Crippen molar-refractivity contribution in [2.75, 3.05) is 0 Å². The van der Waals surface area contributed by atoms with Crippen LogP contribution in [0.2, 0.25) is 0 Å². The average Bonchev–Trinajstić information content (AvgIpc) is 2.34. The van der Waals surface area contributed by atoms with Crippen LogP contribution < -0.4 is 5.56 Å². The first-order valence-electron chi connectivity index (χ1n) is 5.91. The van der Waals surface area contributed by atoms with Gasteiger partial charge in [-0.05, 0) is 13.8 Å². The van der Waals surface area contributed by atoms with Crippen LogP contribution >= 0.6 is 0 Å². The zero-order valence-corrected chi connectivity index (χ0v) is 10.5. The number of hydrogen-bond acceptors (Lipinski definition) is 3. The lowest BCUT2D eigenvalue weighted by Gasteiger charge is -2.08. The first kappa shape index (κ1) is 12.5. The Hall–Kier alpha value is -1.94. The first-order valence-corrected chi connectivity index (χ1v) is 5.91. The second kappa shape index (κ2) is 5.14. The van der Waals surface area contributed by atoms with Gasteiger partial charge < -0.3 is 10.1 Å². The van der Waals surface area contributed by atoms with Gasteiger partial charge in [-0.1, -0.05) is 30.3 Å². The first-order chi connectivity index (χ1) is 8.58. The summed E-state index contributed by atoms with van der Waals surface area (Å²) in [7, 11) is 0. The van der Waals surface area contributed by atoms with Gasteiger partial charge in [0.1, 0.15) is 5.82 Å². The van der Waals surface area contributed by atoms with Crippen molar-refractivity contribution >= 4 is 0 Å². The SMILES string of the molecule is Cc1nc(-c2ccccc2)[nH]c(=O)c1CC(C)O. The maximum atomic E-state index is 12.0. The molecule has 94 valence electrons. The number of aliphatic hydroxyl groups is 1. The van der Waals surface area contributed by atoms with Crippen LogP contribution in [0.1, 0.15) is 18.2 Å². The highest BCUT2D eigenvalue weighted by Crippen LogP contribution is 2.14. The molecule has 0 aliphatic carbocycles. The van der Waals surface area contributed by atoms with Crippen molar-refractivity contribution in [1.29, 1.82) is 0 Å². The Bertz CT molecular complexity index is 588. The number of rotatable bonds is 3. The maximum Gasteiger partial charge on any atom is 0.254 e. The van der Waals surface area contributed by atoms with Crippen molar-refractivity contribution in [2.24, 2.45) is 0 Å². The summed E-state index contributed by atoms with van der Waals surface area (Å²) in [5.74, 6) is 0.562. The second-order valence-electron chi connectivity index (χ2n) is 4.40. The van der Waals surface area contributed by atoms with Crippen molar-refractivity contribution in [2.45, 2.75) is 26.4 Å². The number of hydrogen-bond donors (Lipinski definition) is 2. The Kier molecular flexibility index (Phi) is 3.58. The van der Waals surface area contributed by atoms with Crippen molar-refractivity contribution in [3.63, 3.8) is 0 Å². The Balaban J connectivity index is 2.46. The molecule has 2 aromatic rings. The van der Waals surface area contributed by atoms with Gasteiger partial charge in [-0.25, -0.2) is 4.98 Å². The number of aliphatic hydroxyl groups excluding tert-OH is 1.